The van der Waals surface area contributed by atoms with Crippen molar-refractivity contribution in [2.24, 2.45) is 11.8 Å². The molecule has 1 aliphatic carbocycles. The summed E-state index contributed by atoms with van der Waals surface area (Å²) < 4.78 is 5.17. The fourth-order valence-corrected chi connectivity index (χ4v) is 1.75. The summed E-state index contributed by atoms with van der Waals surface area (Å²) in [5.41, 5.74) is 0. The second kappa shape index (κ2) is 4.13. The summed E-state index contributed by atoms with van der Waals surface area (Å²) in [5, 5.41) is 0. The summed E-state index contributed by atoms with van der Waals surface area (Å²) in [6.45, 7) is 4.32. The zero-order chi connectivity index (χ0) is 9.14. The Morgan fingerprint density at radius 3 is 2.58 bits per heavy atom. The summed E-state index contributed by atoms with van der Waals surface area (Å²) in [4.78, 5) is 10.9. The van der Waals surface area contributed by atoms with E-state index in [0.29, 0.717) is 11.8 Å². The van der Waals surface area contributed by atoms with Crippen molar-refractivity contribution in [2.75, 3.05) is 5.88 Å². The molecular weight excluding hydrogens is 176 g/mol. The number of carbonyl (C=O) groups is 1. The van der Waals surface area contributed by atoms with Gasteiger partial charge in [-0.2, -0.15) is 0 Å². The predicted octanol–water partition coefficient (Wildman–Crippen LogP) is 2.20. The van der Waals surface area contributed by atoms with Gasteiger partial charge in [-0.3, -0.25) is 4.79 Å². The lowest BCUT2D eigenvalue weighted by Gasteiger charge is -2.17. The highest BCUT2D eigenvalue weighted by Gasteiger charge is 2.32. The Labute approximate surface area is 78.2 Å². The normalized spacial score (nSPS) is 35.1. The van der Waals surface area contributed by atoms with Gasteiger partial charge in [-0.15, -0.1) is 11.6 Å². The zero-order valence-corrected chi connectivity index (χ0v) is 8.30. The minimum absolute atomic E-state index is 0.0302. The van der Waals surface area contributed by atoms with E-state index < -0.39 is 0 Å². The van der Waals surface area contributed by atoms with Gasteiger partial charge in [-0.05, 0) is 24.7 Å². The fraction of sp³-hybridized carbons (Fsp3) is 0.889. The summed E-state index contributed by atoms with van der Waals surface area (Å²) in [7, 11) is 0. The Hall–Kier alpha value is -0.240. The quantitative estimate of drug-likeness (QED) is 0.493. The summed E-state index contributed by atoms with van der Waals surface area (Å²) in [6, 6.07) is 0. The Kier molecular flexibility index (Phi) is 3.39. The molecule has 3 atom stereocenters. The van der Waals surface area contributed by atoms with Gasteiger partial charge in [-0.1, -0.05) is 13.8 Å². The number of rotatable bonds is 2. The van der Waals surface area contributed by atoms with Crippen molar-refractivity contribution in [3.8, 4) is 0 Å². The molecule has 1 aliphatic rings. The van der Waals surface area contributed by atoms with Crippen molar-refractivity contribution >= 4 is 17.6 Å². The molecule has 3 heteroatoms. The number of hydrogen-bond acceptors (Lipinski definition) is 2. The highest BCUT2D eigenvalue weighted by atomic mass is 35.5. The van der Waals surface area contributed by atoms with E-state index in [9.17, 15) is 4.79 Å². The molecule has 0 heterocycles. The van der Waals surface area contributed by atoms with Crippen molar-refractivity contribution in [2.45, 2.75) is 32.8 Å². The molecule has 0 amide bonds. The summed E-state index contributed by atoms with van der Waals surface area (Å²) >= 11 is 5.34. The second-order valence-corrected chi connectivity index (χ2v) is 3.84. The molecule has 1 rings (SSSR count). The molecule has 1 saturated carbocycles. The third-order valence-corrected chi connectivity index (χ3v) is 3.00. The van der Waals surface area contributed by atoms with Gasteiger partial charge >= 0.3 is 5.97 Å². The molecule has 0 aromatic rings. The molecule has 0 aromatic heterocycles. The van der Waals surface area contributed by atoms with Crippen LogP contribution in [0.4, 0.5) is 0 Å². The van der Waals surface area contributed by atoms with Crippen molar-refractivity contribution < 1.29 is 9.53 Å². The van der Waals surface area contributed by atoms with E-state index in [-0.39, 0.29) is 18.0 Å². The molecule has 70 valence electrons. The van der Waals surface area contributed by atoms with E-state index in [2.05, 4.69) is 13.8 Å². The van der Waals surface area contributed by atoms with Crippen LogP contribution in [-0.2, 0) is 9.53 Å². The minimum atomic E-state index is -0.289. The standard InChI is InChI=1S/C9H15ClO2/c1-6-3-4-8(7(6)2)12-9(11)5-10/h6-8H,3-5H2,1-2H3/t6-,7+,8-/m0/s1. The molecule has 0 saturated heterocycles. The summed E-state index contributed by atoms with van der Waals surface area (Å²) in [5.74, 6) is 0.829. The van der Waals surface area contributed by atoms with Crippen LogP contribution in [0.15, 0.2) is 0 Å². The Morgan fingerprint density at radius 1 is 1.50 bits per heavy atom. The molecule has 0 N–H and O–H groups in total. The maximum atomic E-state index is 10.9. The van der Waals surface area contributed by atoms with E-state index in [1.165, 1.54) is 0 Å². The molecule has 0 unspecified atom stereocenters. The first-order valence-electron chi connectivity index (χ1n) is 4.40. The van der Waals surface area contributed by atoms with Crippen LogP contribution >= 0.6 is 11.6 Å². The highest BCUT2D eigenvalue weighted by molar-refractivity contribution is 6.26. The first-order valence-corrected chi connectivity index (χ1v) is 4.94. The van der Waals surface area contributed by atoms with Crippen molar-refractivity contribution in [3.05, 3.63) is 0 Å². The van der Waals surface area contributed by atoms with Crippen LogP contribution < -0.4 is 0 Å². The van der Waals surface area contributed by atoms with Crippen molar-refractivity contribution in [1.82, 2.24) is 0 Å². The number of alkyl halides is 1. The predicted molar refractivity (Wildman–Crippen MR) is 48.2 cm³/mol. The van der Waals surface area contributed by atoms with Gasteiger partial charge < -0.3 is 4.74 Å². The van der Waals surface area contributed by atoms with E-state index in [4.69, 9.17) is 16.3 Å². The Bertz CT molecular complexity index is 170. The van der Waals surface area contributed by atoms with Gasteiger partial charge in [0.25, 0.3) is 0 Å². The number of hydrogen-bond donors (Lipinski definition) is 0. The second-order valence-electron chi connectivity index (χ2n) is 3.58. The fourth-order valence-electron chi connectivity index (χ4n) is 1.69. The first kappa shape index (κ1) is 9.85. The largest absolute Gasteiger partial charge is 0.461 e. The molecular formula is C9H15ClO2. The van der Waals surface area contributed by atoms with Gasteiger partial charge in [0.2, 0.25) is 0 Å². The lowest BCUT2D eigenvalue weighted by Crippen LogP contribution is -2.22. The lowest BCUT2D eigenvalue weighted by atomic mass is 9.99. The van der Waals surface area contributed by atoms with Crippen molar-refractivity contribution in [1.29, 1.82) is 0 Å². The topological polar surface area (TPSA) is 26.3 Å². The Morgan fingerprint density at radius 2 is 2.17 bits per heavy atom. The molecule has 2 nitrogen and oxygen atoms in total. The number of ether oxygens (including phenoxy) is 1. The van der Waals surface area contributed by atoms with Gasteiger partial charge in [0, 0.05) is 0 Å². The molecule has 12 heavy (non-hydrogen) atoms. The highest BCUT2D eigenvalue weighted by Crippen LogP contribution is 2.33. The van der Waals surface area contributed by atoms with E-state index in [0.717, 1.165) is 12.8 Å². The molecule has 0 aliphatic heterocycles. The third-order valence-electron chi connectivity index (χ3n) is 2.78. The maximum absolute atomic E-state index is 10.9. The van der Waals surface area contributed by atoms with Crippen molar-refractivity contribution in [3.63, 3.8) is 0 Å². The average molecular weight is 191 g/mol. The molecule has 0 bridgehead atoms. The molecule has 0 spiro atoms. The van der Waals surface area contributed by atoms with E-state index in [1.54, 1.807) is 0 Å². The van der Waals surface area contributed by atoms with E-state index in [1.807, 2.05) is 0 Å². The molecule has 0 aromatic carbocycles. The van der Waals surface area contributed by atoms with Gasteiger partial charge in [-0.25, -0.2) is 0 Å². The minimum Gasteiger partial charge on any atom is -0.461 e. The smallest absolute Gasteiger partial charge is 0.321 e. The molecule has 0 radical (unpaired) electrons. The average Bonchev–Trinajstić information content (AvgIpc) is 2.36. The third kappa shape index (κ3) is 2.13. The van der Waals surface area contributed by atoms with Gasteiger partial charge in [0.1, 0.15) is 12.0 Å². The first-order chi connectivity index (χ1) is 5.65. The van der Waals surface area contributed by atoms with Crippen LogP contribution in [0.1, 0.15) is 26.7 Å². The van der Waals surface area contributed by atoms with Gasteiger partial charge in [0.05, 0.1) is 0 Å². The van der Waals surface area contributed by atoms with Crippen LogP contribution in [0.3, 0.4) is 0 Å². The lowest BCUT2D eigenvalue weighted by molar-refractivity contribution is -0.147. The number of carbonyl (C=O) groups excluding carboxylic acids is 1. The molecule has 1 fully saturated rings. The summed E-state index contributed by atoms with van der Waals surface area (Å²) in [6.07, 6.45) is 2.25. The maximum Gasteiger partial charge on any atom is 0.321 e. The monoisotopic (exact) mass is 190 g/mol. The van der Waals surface area contributed by atoms with Crippen LogP contribution in [0, 0.1) is 11.8 Å². The van der Waals surface area contributed by atoms with E-state index >= 15 is 0 Å². The Balaban J connectivity index is 2.38. The van der Waals surface area contributed by atoms with Crippen LogP contribution in [-0.4, -0.2) is 18.0 Å². The zero-order valence-electron chi connectivity index (χ0n) is 7.55. The van der Waals surface area contributed by atoms with Crippen LogP contribution in [0.25, 0.3) is 0 Å². The number of halogens is 1. The van der Waals surface area contributed by atoms with Gasteiger partial charge in [0.15, 0.2) is 0 Å². The SMILES string of the molecule is C[C@H]1[C@@H](OC(=O)CCl)CC[C@@H]1C. The van der Waals surface area contributed by atoms with Crippen LogP contribution in [0.2, 0.25) is 0 Å². The number of esters is 1. The van der Waals surface area contributed by atoms with Crippen LogP contribution in [0.5, 0.6) is 0 Å².